The normalized spacial score (nSPS) is 10.3. The van der Waals surface area contributed by atoms with Crippen LogP contribution in [0.1, 0.15) is 21.7 Å². The first-order chi connectivity index (χ1) is 8.74. The molecule has 3 nitrogen and oxygen atoms in total. The van der Waals surface area contributed by atoms with E-state index >= 15 is 0 Å². The van der Waals surface area contributed by atoms with Crippen LogP contribution >= 0.6 is 11.8 Å². The van der Waals surface area contributed by atoms with Crippen LogP contribution in [0.5, 0.6) is 5.75 Å². The van der Waals surface area contributed by atoms with Crippen molar-refractivity contribution in [2.75, 3.05) is 7.11 Å². The van der Waals surface area contributed by atoms with Crippen LogP contribution in [0.3, 0.4) is 0 Å². The molecule has 0 radical (unpaired) electrons. The Bertz CT molecular complexity index is 546. The Kier molecular flexibility index (Phi) is 4.10. The van der Waals surface area contributed by atoms with Crippen LogP contribution in [0.15, 0.2) is 39.8 Å². The van der Waals surface area contributed by atoms with Crippen molar-refractivity contribution >= 4 is 18.0 Å². The number of benzene rings is 1. The number of carbonyl (C=O) groups is 1. The molecule has 94 valence electrons. The fourth-order valence-electron chi connectivity index (χ4n) is 1.66. The van der Waals surface area contributed by atoms with Crippen molar-refractivity contribution in [1.29, 1.82) is 0 Å². The third-order valence-electron chi connectivity index (χ3n) is 2.63. The van der Waals surface area contributed by atoms with Crippen LogP contribution in [0.2, 0.25) is 0 Å². The first kappa shape index (κ1) is 12.8. The van der Waals surface area contributed by atoms with E-state index in [2.05, 4.69) is 0 Å². The second-order valence-electron chi connectivity index (χ2n) is 3.82. The molecule has 1 heterocycles. The van der Waals surface area contributed by atoms with Crippen molar-refractivity contribution in [3.05, 3.63) is 47.4 Å². The molecule has 0 N–H and O–H groups in total. The zero-order valence-electron chi connectivity index (χ0n) is 10.3. The fourth-order valence-corrected chi connectivity index (χ4v) is 2.60. The lowest BCUT2D eigenvalue weighted by Crippen LogP contribution is -1.92. The van der Waals surface area contributed by atoms with Gasteiger partial charge in [-0.15, -0.1) is 11.8 Å². The minimum Gasteiger partial charge on any atom is -0.496 e. The molecule has 0 fully saturated rings. The summed E-state index contributed by atoms with van der Waals surface area (Å²) in [6.07, 6.45) is 2.52. The van der Waals surface area contributed by atoms with Crippen molar-refractivity contribution in [2.45, 2.75) is 17.6 Å². The highest BCUT2D eigenvalue weighted by atomic mass is 32.2. The summed E-state index contributed by atoms with van der Waals surface area (Å²) < 4.78 is 10.5. The van der Waals surface area contributed by atoms with E-state index in [0.29, 0.717) is 5.56 Å². The van der Waals surface area contributed by atoms with Crippen LogP contribution in [-0.4, -0.2) is 13.4 Å². The molecule has 1 aromatic carbocycles. The van der Waals surface area contributed by atoms with Crippen LogP contribution < -0.4 is 4.74 Å². The molecule has 0 spiro atoms. The molecule has 0 aliphatic rings. The zero-order chi connectivity index (χ0) is 13.0. The molecule has 0 atom stereocenters. The SMILES string of the molecule is COc1ccc(C=O)cc1CSc1ccoc1C. The van der Waals surface area contributed by atoms with E-state index in [0.717, 1.165) is 34.0 Å². The summed E-state index contributed by atoms with van der Waals surface area (Å²) in [7, 11) is 1.63. The molecule has 18 heavy (non-hydrogen) atoms. The lowest BCUT2D eigenvalue weighted by molar-refractivity contribution is 0.112. The highest BCUT2D eigenvalue weighted by Crippen LogP contribution is 2.30. The number of hydrogen-bond acceptors (Lipinski definition) is 4. The number of aldehydes is 1. The van der Waals surface area contributed by atoms with Crippen molar-refractivity contribution in [2.24, 2.45) is 0 Å². The highest BCUT2D eigenvalue weighted by molar-refractivity contribution is 7.98. The maximum atomic E-state index is 10.8. The summed E-state index contributed by atoms with van der Waals surface area (Å²) in [5.74, 6) is 2.45. The summed E-state index contributed by atoms with van der Waals surface area (Å²) in [5, 5.41) is 0. The van der Waals surface area contributed by atoms with E-state index in [1.165, 1.54) is 0 Å². The molecular weight excluding hydrogens is 248 g/mol. The Morgan fingerprint density at radius 2 is 2.22 bits per heavy atom. The second-order valence-corrected chi connectivity index (χ2v) is 4.84. The van der Waals surface area contributed by atoms with Gasteiger partial charge >= 0.3 is 0 Å². The average molecular weight is 262 g/mol. The summed E-state index contributed by atoms with van der Waals surface area (Å²) in [4.78, 5) is 11.9. The third-order valence-corrected chi connectivity index (χ3v) is 3.82. The number of furan rings is 1. The molecule has 0 aliphatic carbocycles. The van der Waals surface area contributed by atoms with Gasteiger partial charge in [-0.2, -0.15) is 0 Å². The number of hydrogen-bond donors (Lipinski definition) is 0. The average Bonchev–Trinajstić information content (AvgIpc) is 2.81. The molecular formula is C14H14O3S. The number of methoxy groups -OCH3 is 1. The number of thioether (sulfide) groups is 1. The largest absolute Gasteiger partial charge is 0.496 e. The number of ether oxygens (including phenoxy) is 1. The molecule has 0 saturated carbocycles. The lowest BCUT2D eigenvalue weighted by Gasteiger charge is -2.08. The molecule has 0 unspecified atom stereocenters. The molecule has 0 aliphatic heterocycles. The van der Waals surface area contributed by atoms with Crippen LogP contribution in [0.4, 0.5) is 0 Å². The van der Waals surface area contributed by atoms with Crippen molar-refractivity contribution in [1.82, 2.24) is 0 Å². The molecule has 0 bridgehead atoms. The molecule has 0 saturated heterocycles. The first-order valence-electron chi connectivity index (χ1n) is 5.53. The van der Waals surface area contributed by atoms with Crippen LogP contribution in [-0.2, 0) is 5.75 Å². The van der Waals surface area contributed by atoms with Gasteiger partial charge in [0.15, 0.2) is 0 Å². The summed E-state index contributed by atoms with van der Waals surface area (Å²) in [6.45, 7) is 1.93. The highest BCUT2D eigenvalue weighted by Gasteiger charge is 2.07. The van der Waals surface area contributed by atoms with Gasteiger partial charge in [0.25, 0.3) is 0 Å². The zero-order valence-corrected chi connectivity index (χ0v) is 11.1. The monoisotopic (exact) mass is 262 g/mol. The Balaban J connectivity index is 2.17. The molecule has 4 heteroatoms. The standard InChI is InChI=1S/C14H14O3S/c1-10-14(5-6-17-10)18-9-12-7-11(8-15)3-4-13(12)16-2/h3-8H,9H2,1-2H3. The Morgan fingerprint density at radius 1 is 1.39 bits per heavy atom. The first-order valence-corrected chi connectivity index (χ1v) is 6.52. The quantitative estimate of drug-likeness (QED) is 0.608. The van der Waals surface area contributed by atoms with Gasteiger partial charge < -0.3 is 9.15 Å². The topological polar surface area (TPSA) is 39.4 Å². The van der Waals surface area contributed by atoms with Crippen molar-refractivity contribution < 1.29 is 13.9 Å². The minimum atomic E-state index is 0.662. The second kappa shape index (κ2) is 5.78. The van der Waals surface area contributed by atoms with Gasteiger partial charge in [0, 0.05) is 21.8 Å². The van der Waals surface area contributed by atoms with Gasteiger partial charge in [0.2, 0.25) is 0 Å². The Morgan fingerprint density at radius 3 is 2.83 bits per heavy atom. The minimum absolute atomic E-state index is 0.662. The fraction of sp³-hybridized carbons (Fsp3) is 0.214. The van der Waals surface area contributed by atoms with Crippen molar-refractivity contribution in [3.63, 3.8) is 0 Å². The van der Waals surface area contributed by atoms with Gasteiger partial charge in [-0.05, 0) is 31.2 Å². The van der Waals surface area contributed by atoms with Crippen LogP contribution in [0, 0.1) is 6.92 Å². The van der Waals surface area contributed by atoms with E-state index < -0.39 is 0 Å². The van der Waals surface area contributed by atoms with E-state index in [1.807, 2.05) is 25.1 Å². The number of carbonyl (C=O) groups excluding carboxylic acids is 1. The lowest BCUT2D eigenvalue weighted by atomic mass is 10.1. The van der Waals surface area contributed by atoms with E-state index in [9.17, 15) is 4.79 Å². The smallest absolute Gasteiger partial charge is 0.150 e. The Hall–Kier alpha value is -1.68. The van der Waals surface area contributed by atoms with Crippen molar-refractivity contribution in [3.8, 4) is 5.75 Å². The maximum Gasteiger partial charge on any atom is 0.150 e. The molecule has 2 aromatic rings. The van der Waals surface area contributed by atoms with E-state index in [4.69, 9.17) is 9.15 Å². The molecule has 2 rings (SSSR count). The molecule has 1 aromatic heterocycles. The number of rotatable bonds is 5. The number of aryl methyl sites for hydroxylation is 1. The van der Waals surface area contributed by atoms with Gasteiger partial charge in [-0.25, -0.2) is 0 Å². The van der Waals surface area contributed by atoms with E-state index in [1.54, 1.807) is 31.2 Å². The van der Waals surface area contributed by atoms with Gasteiger partial charge in [-0.1, -0.05) is 0 Å². The summed E-state index contributed by atoms with van der Waals surface area (Å²) in [5.41, 5.74) is 1.67. The third kappa shape index (κ3) is 2.76. The summed E-state index contributed by atoms with van der Waals surface area (Å²) in [6, 6.07) is 7.37. The van der Waals surface area contributed by atoms with Gasteiger partial charge in [0.1, 0.15) is 17.8 Å². The molecule has 0 amide bonds. The van der Waals surface area contributed by atoms with E-state index in [-0.39, 0.29) is 0 Å². The van der Waals surface area contributed by atoms with Crippen LogP contribution in [0.25, 0.3) is 0 Å². The predicted molar refractivity (Wildman–Crippen MR) is 71.4 cm³/mol. The summed E-state index contributed by atoms with van der Waals surface area (Å²) >= 11 is 1.67. The van der Waals surface area contributed by atoms with Gasteiger partial charge in [-0.3, -0.25) is 4.79 Å². The predicted octanol–water partition coefficient (Wildman–Crippen LogP) is 3.70. The van der Waals surface area contributed by atoms with Gasteiger partial charge in [0.05, 0.1) is 13.4 Å². The maximum absolute atomic E-state index is 10.8. The Labute approximate surface area is 110 Å².